The molecule has 3 rings (SSSR count). The third kappa shape index (κ3) is 3.86. The summed E-state index contributed by atoms with van der Waals surface area (Å²) in [5.74, 6) is 0.0817. The maximum atomic E-state index is 12.0. The lowest BCUT2D eigenvalue weighted by Crippen LogP contribution is -2.31. The molecule has 3 N–H and O–H groups in total. The lowest BCUT2D eigenvalue weighted by Gasteiger charge is -2.08. The summed E-state index contributed by atoms with van der Waals surface area (Å²) in [4.78, 5) is 22.9. The summed E-state index contributed by atoms with van der Waals surface area (Å²) >= 11 is 6.17. The van der Waals surface area contributed by atoms with Gasteiger partial charge in [0.25, 0.3) is 5.91 Å². The van der Waals surface area contributed by atoms with Gasteiger partial charge in [-0.15, -0.1) is 0 Å². The molecule has 24 heavy (non-hydrogen) atoms. The molecule has 0 unspecified atom stereocenters. The van der Waals surface area contributed by atoms with Gasteiger partial charge in [0.2, 0.25) is 5.91 Å². The van der Waals surface area contributed by atoms with Crippen molar-refractivity contribution in [1.82, 2.24) is 5.32 Å². The fraction of sp³-hybridized carbons (Fsp3) is 0.222. The molecular formula is C18H17ClN2O3. The van der Waals surface area contributed by atoms with Crippen LogP contribution >= 0.6 is 11.6 Å². The van der Waals surface area contributed by atoms with E-state index in [1.807, 2.05) is 24.3 Å². The van der Waals surface area contributed by atoms with Gasteiger partial charge in [0.1, 0.15) is 5.75 Å². The number of hydrogen-bond acceptors (Lipinski definition) is 3. The molecule has 2 aromatic rings. The number of nitrogens with two attached hydrogens (primary N) is 1. The monoisotopic (exact) mass is 344 g/mol. The van der Waals surface area contributed by atoms with E-state index in [0.717, 1.165) is 17.0 Å². The SMILES string of the molecule is NC(=O)c1ccc(OCC(=O)N[C@H]2C[C@@H]2c2ccccc2Cl)cc1. The van der Waals surface area contributed by atoms with E-state index in [2.05, 4.69) is 5.32 Å². The molecule has 2 amide bonds. The van der Waals surface area contributed by atoms with Crippen molar-refractivity contribution in [3.8, 4) is 5.75 Å². The lowest BCUT2D eigenvalue weighted by molar-refractivity contribution is -0.123. The van der Waals surface area contributed by atoms with Gasteiger partial charge in [0, 0.05) is 22.5 Å². The summed E-state index contributed by atoms with van der Waals surface area (Å²) in [5, 5.41) is 3.66. The summed E-state index contributed by atoms with van der Waals surface area (Å²) in [7, 11) is 0. The third-order valence-electron chi connectivity index (χ3n) is 3.95. The van der Waals surface area contributed by atoms with E-state index in [9.17, 15) is 9.59 Å². The Morgan fingerprint density at radius 3 is 2.54 bits per heavy atom. The Morgan fingerprint density at radius 2 is 1.88 bits per heavy atom. The van der Waals surface area contributed by atoms with E-state index in [0.29, 0.717) is 11.3 Å². The summed E-state index contributed by atoms with van der Waals surface area (Å²) in [6, 6.07) is 14.1. The van der Waals surface area contributed by atoms with Crippen LogP contribution in [-0.4, -0.2) is 24.5 Å². The fourth-order valence-corrected chi connectivity index (χ4v) is 2.86. The zero-order valence-electron chi connectivity index (χ0n) is 12.9. The number of ether oxygens (including phenoxy) is 1. The minimum atomic E-state index is -0.501. The van der Waals surface area contributed by atoms with Crippen molar-refractivity contribution in [3.63, 3.8) is 0 Å². The zero-order valence-corrected chi connectivity index (χ0v) is 13.6. The Hall–Kier alpha value is -2.53. The van der Waals surface area contributed by atoms with Gasteiger partial charge in [-0.3, -0.25) is 9.59 Å². The van der Waals surface area contributed by atoms with Crippen molar-refractivity contribution in [2.24, 2.45) is 5.73 Å². The number of primary amides is 1. The van der Waals surface area contributed by atoms with Crippen molar-refractivity contribution in [2.45, 2.75) is 18.4 Å². The van der Waals surface area contributed by atoms with Crippen LogP contribution in [0.25, 0.3) is 0 Å². The molecule has 0 aromatic heterocycles. The molecule has 5 nitrogen and oxygen atoms in total. The molecule has 1 aliphatic carbocycles. The van der Waals surface area contributed by atoms with Crippen molar-refractivity contribution >= 4 is 23.4 Å². The third-order valence-corrected chi connectivity index (χ3v) is 4.29. The molecular weight excluding hydrogens is 328 g/mol. The highest BCUT2D eigenvalue weighted by Gasteiger charge is 2.40. The minimum Gasteiger partial charge on any atom is -0.484 e. The summed E-state index contributed by atoms with van der Waals surface area (Å²) in [5.41, 5.74) is 6.62. The first-order valence-corrected chi connectivity index (χ1v) is 7.99. The Morgan fingerprint density at radius 1 is 1.17 bits per heavy atom. The molecule has 1 fully saturated rings. The molecule has 0 aliphatic heterocycles. The molecule has 6 heteroatoms. The minimum absolute atomic E-state index is 0.0817. The van der Waals surface area contributed by atoms with Crippen LogP contribution in [0.3, 0.4) is 0 Å². The Bertz CT molecular complexity index is 761. The number of hydrogen-bond donors (Lipinski definition) is 2. The van der Waals surface area contributed by atoms with Crippen LogP contribution < -0.4 is 15.8 Å². The number of rotatable bonds is 6. The molecule has 1 saturated carbocycles. The average molecular weight is 345 g/mol. The van der Waals surface area contributed by atoms with Gasteiger partial charge in [0.15, 0.2) is 6.61 Å². The normalized spacial score (nSPS) is 18.7. The Kier molecular flexibility index (Phi) is 4.71. The summed E-state index contributed by atoms with van der Waals surface area (Å²) in [6.07, 6.45) is 0.878. The Balaban J connectivity index is 1.47. The maximum absolute atomic E-state index is 12.0. The summed E-state index contributed by atoms with van der Waals surface area (Å²) in [6.45, 7) is -0.0817. The van der Waals surface area contributed by atoms with Crippen molar-refractivity contribution in [2.75, 3.05) is 6.61 Å². The number of halogens is 1. The number of nitrogens with one attached hydrogen (secondary N) is 1. The predicted octanol–water partition coefficient (Wildman–Crippen LogP) is 2.49. The number of benzene rings is 2. The molecule has 0 saturated heterocycles. The van der Waals surface area contributed by atoms with Crippen LogP contribution in [0.15, 0.2) is 48.5 Å². The van der Waals surface area contributed by atoms with E-state index in [4.69, 9.17) is 22.1 Å². The zero-order chi connectivity index (χ0) is 17.1. The van der Waals surface area contributed by atoms with Gasteiger partial charge in [-0.25, -0.2) is 0 Å². The van der Waals surface area contributed by atoms with E-state index in [-0.39, 0.29) is 24.5 Å². The largest absolute Gasteiger partial charge is 0.484 e. The predicted molar refractivity (Wildman–Crippen MR) is 91.2 cm³/mol. The maximum Gasteiger partial charge on any atom is 0.258 e. The van der Waals surface area contributed by atoms with Gasteiger partial charge in [0.05, 0.1) is 0 Å². The standard InChI is InChI=1S/C18H17ClN2O3/c19-15-4-2-1-3-13(15)14-9-16(14)21-17(22)10-24-12-7-5-11(6-8-12)18(20)23/h1-8,14,16H,9-10H2,(H2,20,23)(H,21,22)/t14-,16+/m1/s1. The number of carbonyl (C=O) groups is 2. The van der Waals surface area contributed by atoms with Crippen molar-refractivity contribution in [1.29, 1.82) is 0 Å². The van der Waals surface area contributed by atoms with Crippen LogP contribution in [0.5, 0.6) is 5.75 Å². The van der Waals surface area contributed by atoms with Gasteiger partial charge < -0.3 is 15.8 Å². The van der Waals surface area contributed by atoms with E-state index < -0.39 is 5.91 Å². The fourth-order valence-electron chi connectivity index (χ4n) is 2.59. The number of amides is 2. The highest BCUT2D eigenvalue weighted by atomic mass is 35.5. The average Bonchev–Trinajstić information content (AvgIpc) is 3.32. The van der Waals surface area contributed by atoms with E-state index >= 15 is 0 Å². The molecule has 0 heterocycles. The quantitative estimate of drug-likeness (QED) is 0.844. The van der Waals surface area contributed by atoms with Crippen LogP contribution in [-0.2, 0) is 4.79 Å². The van der Waals surface area contributed by atoms with Gasteiger partial charge in [-0.1, -0.05) is 29.8 Å². The molecule has 0 spiro atoms. The first kappa shape index (κ1) is 16.3. The second kappa shape index (κ2) is 6.93. The molecule has 124 valence electrons. The van der Waals surface area contributed by atoms with Crippen LogP contribution in [0.1, 0.15) is 28.3 Å². The second-order valence-corrected chi connectivity index (χ2v) is 6.12. The highest BCUT2D eigenvalue weighted by molar-refractivity contribution is 6.31. The van der Waals surface area contributed by atoms with Crippen LogP contribution in [0.2, 0.25) is 5.02 Å². The van der Waals surface area contributed by atoms with E-state index in [1.54, 1.807) is 24.3 Å². The molecule has 1 aliphatic rings. The van der Waals surface area contributed by atoms with Gasteiger partial charge in [-0.2, -0.15) is 0 Å². The van der Waals surface area contributed by atoms with Crippen molar-refractivity contribution in [3.05, 3.63) is 64.7 Å². The Labute approximate surface area is 144 Å². The number of carbonyl (C=O) groups excluding carboxylic acids is 2. The van der Waals surface area contributed by atoms with Crippen LogP contribution in [0, 0.1) is 0 Å². The van der Waals surface area contributed by atoms with Crippen LogP contribution in [0.4, 0.5) is 0 Å². The first-order valence-electron chi connectivity index (χ1n) is 7.61. The van der Waals surface area contributed by atoms with Gasteiger partial charge >= 0.3 is 0 Å². The van der Waals surface area contributed by atoms with E-state index in [1.165, 1.54) is 0 Å². The molecule has 2 aromatic carbocycles. The first-order chi connectivity index (χ1) is 11.5. The molecule has 0 bridgehead atoms. The topological polar surface area (TPSA) is 81.4 Å². The smallest absolute Gasteiger partial charge is 0.258 e. The molecule has 0 radical (unpaired) electrons. The van der Waals surface area contributed by atoms with Gasteiger partial charge in [-0.05, 0) is 42.3 Å². The second-order valence-electron chi connectivity index (χ2n) is 5.72. The lowest BCUT2D eigenvalue weighted by atomic mass is 10.1. The van der Waals surface area contributed by atoms with Crippen molar-refractivity contribution < 1.29 is 14.3 Å². The highest BCUT2D eigenvalue weighted by Crippen LogP contribution is 2.43. The summed E-state index contributed by atoms with van der Waals surface area (Å²) < 4.78 is 5.41. The molecule has 2 atom stereocenters.